The fourth-order valence-electron chi connectivity index (χ4n) is 3.80. The van der Waals surface area contributed by atoms with Gasteiger partial charge in [0.05, 0.1) is 17.7 Å². The van der Waals surface area contributed by atoms with Crippen molar-refractivity contribution in [3.05, 3.63) is 90.2 Å². The van der Waals surface area contributed by atoms with E-state index in [1.807, 2.05) is 6.92 Å². The molecule has 0 spiro atoms. The minimum Gasteiger partial charge on any atom is -0.497 e. The number of amides is 2. The minimum absolute atomic E-state index is 0.00925. The van der Waals surface area contributed by atoms with Crippen molar-refractivity contribution in [1.29, 1.82) is 0 Å². The monoisotopic (exact) mass is 541 g/mol. The molecule has 1 unspecified atom stereocenters. The van der Waals surface area contributed by atoms with E-state index in [-0.39, 0.29) is 22.7 Å². The van der Waals surface area contributed by atoms with Gasteiger partial charge in [0.1, 0.15) is 24.2 Å². The molecule has 1 N–H and O–H groups in total. The number of rotatable bonds is 12. The van der Waals surface area contributed by atoms with Gasteiger partial charge in [-0.3, -0.25) is 13.9 Å². The Kier molecular flexibility index (Phi) is 9.84. The predicted molar refractivity (Wildman–Crippen MR) is 144 cm³/mol. The molecule has 0 aliphatic heterocycles. The zero-order valence-electron chi connectivity index (χ0n) is 21.6. The van der Waals surface area contributed by atoms with Crippen LogP contribution < -0.4 is 14.4 Å². The molecule has 3 aromatic carbocycles. The Morgan fingerprint density at radius 1 is 1.00 bits per heavy atom. The molecule has 0 radical (unpaired) electrons. The van der Waals surface area contributed by atoms with Crippen LogP contribution in [0.5, 0.6) is 5.75 Å². The van der Waals surface area contributed by atoms with E-state index in [0.29, 0.717) is 18.7 Å². The Labute approximate surface area is 223 Å². The van der Waals surface area contributed by atoms with Crippen molar-refractivity contribution in [2.45, 2.75) is 37.8 Å². The van der Waals surface area contributed by atoms with Crippen LogP contribution >= 0.6 is 0 Å². The van der Waals surface area contributed by atoms with Crippen LogP contribution in [-0.4, -0.2) is 51.4 Å². The number of carbonyl (C=O) groups excluding carboxylic acids is 2. The molecule has 3 rings (SSSR count). The highest BCUT2D eigenvalue weighted by Crippen LogP contribution is 2.27. The van der Waals surface area contributed by atoms with Gasteiger partial charge in [0.25, 0.3) is 10.0 Å². The summed E-state index contributed by atoms with van der Waals surface area (Å²) in [7, 11) is -2.74. The molecule has 10 heteroatoms. The van der Waals surface area contributed by atoms with Gasteiger partial charge in [0.15, 0.2) is 0 Å². The second kappa shape index (κ2) is 13.0. The Morgan fingerprint density at radius 2 is 1.68 bits per heavy atom. The number of hydrogen-bond donors (Lipinski definition) is 1. The lowest BCUT2D eigenvalue weighted by Crippen LogP contribution is -2.51. The highest BCUT2D eigenvalue weighted by molar-refractivity contribution is 7.92. The number of nitrogens with one attached hydrogen (secondary N) is 1. The van der Waals surface area contributed by atoms with Crippen molar-refractivity contribution in [3.63, 3.8) is 0 Å². The molecule has 0 aliphatic rings. The summed E-state index contributed by atoms with van der Waals surface area (Å²) in [6.07, 6.45) is 0.693. The van der Waals surface area contributed by atoms with Crippen molar-refractivity contribution in [2.75, 3.05) is 24.5 Å². The zero-order valence-corrected chi connectivity index (χ0v) is 22.4. The molecule has 2 amide bonds. The summed E-state index contributed by atoms with van der Waals surface area (Å²) in [5.41, 5.74) is 0.408. The van der Waals surface area contributed by atoms with Crippen molar-refractivity contribution in [1.82, 2.24) is 10.2 Å². The van der Waals surface area contributed by atoms with Gasteiger partial charge >= 0.3 is 0 Å². The molecular weight excluding hydrogens is 509 g/mol. The molecule has 0 heterocycles. The molecule has 0 bridgehead atoms. The van der Waals surface area contributed by atoms with Gasteiger partial charge in [-0.05, 0) is 43.7 Å². The maximum Gasteiger partial charge on any atom is 0.264 e. The van der Waals surface area contributed by atoms with Crippen LogP contribution in [0.1, 0.15) is 25.8 Å². The van der Waals surface area contributed by atoms with Gasteiger partial charge in [0.2, 0.25) is 11.8 Å². The molecule has 3 aromatic rings. The third kappa shape index (κ3) is 6.89. The fraction of sp³-hybridized carbons (Fsp3) is 0.286. The molecule has 1 atom stereocenters. The zero-order chi connectivity index (χ0) is 27.7. The summed E-state index contributed by atoms with van der Waals surface area (Å²) in [6.45, 7) is 3.00. The molecule has 0 aliphatic carbocycles. The van der Waals surface area contributed by atoms with Crippen molar-refractivity contribution in [2.24, 2.45) is 0 Å². The van der Waals surface area contributed by atoms with E-state index < -0.39 is 40.2 Å². The Hall–Kier alpha value is -3.92. The van der Waals surface area contributed by atoms with Crippen LogP contribution in [0.2, 0.25) is 0 Å². The lowest BCUT2D eigenvalue weighted by atomic mass is 10.1. The smallest absolute Gasteiger partial charge is 0.264 e. The molecule has 0 aromatic heterocycles. The largest absolute Gasteiger partial charge is 0.497 e. The van der Waals surface area contributed by atoms with Gasteiger partial charge in [0, 0.05) is 24.7 Å². The second-order valence-corrected chi connectivity index (χ2v) is 10.5. The highest BCUT2D eigenvalue weighted by Gasteiger charge is 2.32. The van der Waals surface area contributed by atoms with Crippen molar-refractivity contribution < 1.29 is 27.1 Å². The summed E-state index contributed by atoms with van der Waals surface area (Å²) < 4.78 is 48.2. The van der Waals surface area contributed by atoms with E-state index in [1.54, 1.807) is 42.5 Å². The normalized spacial score (nSPS) is 11.9. The first-order valence-electron chi connectivity index (χ1n) is 12.2. The van der Waals surface area contributed by atoms with Gasteiger partial charge in [-0.15, -0.1) is 0 Å². The average Bonchev–Trinajstić information content (AvgIpc) is 2.94. The van der Waals surface area contributed by atoms with Crippen LogP contribution in [0.3, 0.4) is 0 Å². The van der Waals surface area contributed by atoms with Crippen LogP contribution in [0.4, 0.5) is 10.1 Å². The third-order valence-electron chi connectivity index (χ3n) is 5.97. The summed E-state index contributed by atoms with van der Waals surface area (Å²) in [4.78, 5) is 27.8. The Morgan fingerprint density at radius 3 is 2.34 bits per heavy atom. The van der Waals surface area contributed by atoms with Crippen molar-refractivity contribution >= 4 is 27.5 Å². The fourth-order valence-corrected chi connectivity index (χ4v) is 5.23. The van der Waals surface area contributed by atoms with E-state index in [9.17, 15) is 22.4 Å². The molecular formula is C28H32FN3O5S. The molecule has 38 heavy (non-hydrogen) atoms. The number of hydrogen-bond acceptors (Lipinski definition) is 5. The number of halogens is 1. The summed E-state index contributed by atoms with van der Waals surface area (Å²) in [5.74, 6) is -1.23. The third-order valence-corrected chi connectivity index (χ3v) is 7.75. The van der Waals surface area contributed by atoms with Gasteiger partial charge in [-0.2, -0.15) is 0 Å². The quantitative estimate of drug-likeness (QED) is 0.374. The molecule has 0 fully saturated rings. The van der Waals surface area contributed by atoms with E-state index in [1.165, 1.54) is 55.3 Å². The van der Waals surface area contributed by atoms with Crippen LogP contribution in [-0.2, 0) is 26.2 Å². The topological polar surface area (TPSA) is 96.0 Å². The van der Waals surface area contributed by atoms with Crippen LogP contribution in [0.15, 0.2) is 83.8 Å². The SMILES string of the molecule is CCCNC(=O)C(C)N(Cc1ccccc1F)C(=O)CN(c1cccc(OC)c1)S(=O)(=O)c1ccccc1. The van der Waals surface area contributed by atoms with Crippen LogP contribution in [0, 0.1) is 5.82 Å². The van der Waals surface area contributed by atoms with Crippen molar-refractivity contribution in [3.8, 4) is 5.75 Å². The Balaban J connectivity index is 2.03. The first-order valence-corrected chi connectivity index (χ1v) is 13.7. The average molecular weight is 542 g/mol. The number of nitrogens with zero attached hydrogens (tertiary/aromatic N) is 2. The van der Waals surface area contributed by atoms with Crippen LogP contribution in [0.25, 0.3) is 0 Å². The molecule has 202 valence electrons. The summed E-state index contributed by atoms with van der Waals surface area (Å²) in [6, 6.07) is 19.0. The van der Waals surface area contributed by atoms with Gasteiger partial charge in [-0.25, -0.2) is 12.8 Å². The molecule has 8 nitrogen and oxygen atoms in total. The maximum absolute atomic E-state index is 14.5. The minimum atomic E-state index is -4.19. The molecule has 0 saturated heterocycles. The van der Waals surface area contributed by atoms with E-state index >= 15 is 0 Å². The standard InChI is InChI=1S/C28H32FN3O5S/c1-4-17-30-28(34)21(2)31(19-22-11-8-9-16-26(22)29)27(33)20-32(23-12-10-13-24(18-23)37-3)38(35,36)25-14-6-5-7-15-25/h5-16,18,21H,4,17,19-20H2,1-3H3,(H,30,34). The van der Waals surface area contributed by atoms with E-state index in [0.717, 1.165) is 4.31 Å². The maximum atomic E-state index is 14.5. The number of carbonyl (C=O) groups is 2. The lowest BCUT2D eigenvalue weighted by Gasteiger charge is -2.32. The summed E-state index contributed by atoms with van der Waals surface area (Å²) >= 11 is 0. The first kappa shape index (κ1) is 28.6. The summed E-state index contributed by atoms with van der Waals surface area (Å²) in [5, 5.41) is 2.75. The number of sulfonamides is 1. The lowest BCUT2D eigenvalue weighted by molar-refractivity contribution is -0.139. The number of anilines is 1. The number of ether oxygens (including phenoxy) is 1. The predicted octanol–water partition coefficient (Wildman–Crippen LogP) is 3.97. The number of benzene rings is 3. The van der Waals surface area contributed by atoms with E-state index in [2.05, 4.69) is 5.32 Å². The number of methoxy groups -OCH3 is 1. The van der Waals surface area contributed by atoms with Gasteiger partial charge < -0.3 is 15.0 Å². The highest BCUT2D eigenvalue weighted by atomic mass is 32.2. The molecule has 0 saturated carbocycles. The Bertz CT molecular complexity index is 1350. The first-order chi connectivity index (χ1) is 18.2. The van der Waals surface area contributed by atoms with Gasteiger partial charge in [-0.1, -0.05) is 49.4 Å². The second-order valence-electron chi connectivity index (χ2n) is 8.61. The van der Waals surface area contributed by atoms with E-state index in [4.69, 9.17) is 4.74 Å².